The predicted octanol–water partition coefficient (Wildman–Crippen LogP) is -0.354. The first kappa shape index (κ1) is 14.9. The number of carbonyl (C=O) groups excluding carboxylic acids is 1. The fourth-order valence-electron chi connectivity index (χ4n) is 2.00. The molecule has 8 heteroatoms. The molecule has 1 aliphatic rings. The van der Waals surface area contributed by atoms with E-state index in [4.69, 9.17) is 0 Å². The first-order valence-corrected chi connectivity index (χ1v) is 7.70. The zero-order chi connectivity index (χ0) is 14.8. The van der Waals surface area contributed by atoms with Crippen LogP contribution in [0.5, 0.6) is 0 Å². The van der Waals surface area contributed by atoms with Crippen molar-refractivity contribution in [2.75, 3.05) is 40.3 Å². The molecule has 0 bridgehead atoms. The molecule has 1 aliphatic heterocycles. The summed E-state index contributed by atoms with van der Waals surface area (Å²) < 4.78 is 26.5. The van der Waals surface area contributed by atoms with Crippen molar-refractivity contribution in [2.45, 2.75) is 0 Å². The summed E-state index contributed by atoms with van der Waals surface area (Å²) in [5.41, 5.74) is 0.386. The number of rotatable bonds is 3. The minimum atomic E-state index is -3.40. The maximum absolute atomic E-state index is 12.2. The van der Waals surface area contributed by atoms with Gasteiger partial charge in [0.05, 0.1) is 0 Å². The fraction of sp³-hybridized carbons (Fsp3) is 0.500. The van der Waals surface area contributed by atoms with Gasteiger partial charge in [-0.1, -0.05) is 6.07 Å². The molecule has 7 nitrogen and oxygen atoms in total. The number of hydrogen-bond acceptors (Lipinski definition) is 4. The minimum Gasteiger partial charge on any atom is -0.335 e. The van der Waals surface area contributed by atoms with Gasteiger partial charge in [0.15, 0.2) is 0 Å². The van der Waals surface area contributed by atoms with Gasteiger partial charge >= 0.3 is 0 Å². The van der Waals surface area contributed by atoms with Gasteiger partial charge in [0, 0.05) is 46.5 Å². The lowest BCUT2D eigenvalue weighted by Crippen LogP contribution is -2.53. The second kappa shape index (κ2) is 5.86. The first-order chi connectivity index (χ1) is 9.43. The van der Waals surface area contributed by atoms with Crippen LogP contribution in [0.15, 0.2) is 24.4 Å². The van der Waals surface area contributed by atoms with Crippen LogP contribution in [-0.4, -0.2) is 73.1 Å². The average Bonchev–Trinajstić information content (AvgIpc) is 2.47. The maximum Gasteiger partial charge on any atom is 0.281 e. The van der Waals surface area contributed by atoms with Gasteiger partial charge in [-0.2, -0.15) is 17.0 Å². The third kappa shape index (κ3) is 2.97. The lowest BCUT2D eigenvalue weighted by molar-refractivity contribution is 0.0689. The van der Waals surface area contributed by atoms with Gasteiger partial charge in [-0.05, 0) is 12.1 Å². The van der Waals surface area contributed by atoms with Gasteiger partial charge < -0.3 is 4.90 Å². The number of nitrogens with zero attached hydrogens (tertiary/aromatic N) is 4. The van der Waals surface area contributed by atoms with E-state index in [2.05, 4.69) is 4.98 Å². The SMILES string of the molecule is CN(C)S(=O)(=O)N1CCN(C(=O)c2ccccn2)CC1. The molecule has 2 rings (SSSR count). The molecular weight excluding hydrogens is 280 g/mol. The summed E-state index contributed by atoms with van der Waals surface area (Å²) in [4.78, 5) is 17.8. The summed E-state index contributed by atoms with van der Waals surface area (Å²) in [7, 11) is -0.399. The van der Waals surface area contributed by atoms with Crippen LogP contribution in [0.1, 0.15) is 10.5 Å². The summed E-state index contributed by atoms with van der Waals surface area (Å²) in [5.74, 6) is -0.160. The quantitative estimate of drug-likeness (QED) is 0.764. The van der Waals surface area contributed by atoms with E-state index < -0.39 is 10.2 Å². The highest BCUT2D eigenvalue weighted by Gasteiger charge is 2.30. The summed E-state index contributed by atoms with van der Waals surface area (Å²) in [6.07, 6.45) is 1.57. The summed E-state index contributed by atoms with van der Waals surface area (Å²) in [5, 5.41) is 0. The van der Waals surface area contributed by atoms with Crippen LogP contribution in [0.3, 0.4) is 0 Å². The van der Waals surface area contributed by atoms with Crippen LogP contribution in [-0.2, 0) is 10.2 Å². The van der Waals surface area contributed by atoms with Crippen molar-refractivity contribution >= 4 is 16.1 Å². The van der Waals surface area contributed by atoms with Gasteiger partial charge in [0.1, 0.15) is 5.69 Å². The Hall–Kier alpha value is -1.51. The van der Waals surface area contributed by atoms with Gasteiger partial charge in [0.25, 0.3) is 16.1 Å². The molecule has 20 heavy (non-hydrogen) atoms. The molecule has 0 saturated carbocycles. The van der Waals surface area contributed by atoms with E-state index in [1.54, 1.807) is 29.3 Å². The number of carbonyl (C=O) groups is 1. The lowest BCUT2D eigenvalue weighted by atomic mass is 10.3. The molecular formula is C12H18N4O3S. The minimum absolute atomic E-state index is 0.160. The second-order valence-corrected chi connectivity index (χ2v) is 6.84. The number of aromatic nitrogens is 1. The number of pyridine rings is 1. The van der Waals surface area contributed by atoms with E-state index in [1.165, 1.54) is 22.7 Å². The van der Waals surface area contributed by atoms with Gasteiger partial charge in [-0.15, -0.1) is 0 Å². The van der Waals surface area contributed by atoms with E-state index in [0.717, 1.165) is 0 Å². The van der Waals surface area contributed by atoms with E-state index in [9.17, 15) is 13.2 Å². The van der Waals surface area contributed by atoms with Crippen LogP contribution in [0, 0.1) is 0 Å². The molecule has 0 aliphatic carbocycles. The highest BCUT2D eigenvalue weighted by Crippen LogP contribution is 2.11. The number of amides is 1. The van der Waals surface area contributed by atoms with Crippen LogP contribution in [0.25, 0.3) is 0 Å². The fourth-order valence-corrected chi connectivity index (χ4v) is 3.09. The monoisotopic (exact) mass is 298 g/mol. The Morgan fingerprint density at radius 3 is 2.35 bits per heavy atom. The molecule has 1 aromatic rings. The molecule has 110 valence electrons. The predicted molar refractivity (Wildman–Crippen MR) is 74.3 cm³/mol. The third-order valence-corrected chi connectivity index (χ3v) is 5.14. The molecule has 1 aromatic heterocycles. The highest BCUT2D eigenvalue weighted by atomic mass is 32.2. The van der Waals surface area contributed by atoms with Crippen molar-refractivity contribution in [3.05, 3.63) is 30.1 Å². The van der Waals surface area contributed by atoms with Crippen molar-refractivity contribution in [3.8, 4) is 0 Å². The van der Waals surface area contributed by atoms with Crippen molar-refractivity contribution in [2.24, 2.45) is 0 Å². The third-order valence-electron chi connectivity index (χ3n) is 3.20. The molecule has 0 unspecified atom stereocenters. The van der Waals surface area contributed by atoms with Gasteiger partial charge in [0.2, 0.25) is 0 Å². The molecule has 0 N–H and O–H groups in total. The molecule has 1 amide bonds. The van der Waals surface area contributed by atoms with E-state index >= 15 is 0 Å². The summed E-state index contributed by atoms with van der Waals surface area (Å²) >= 11 is 0. The smallest absolute Gasteiger partial charge is 0.281 e. The van der Waals surface area contributed by atoms with Crippen molar-refractivity contribution in [3.63, 3.8) is 0 Å². The zero-order valence-electron chi connectivity index (χ0n) is 11.6. The van der Waals surface area contributed by atoms with Gasteiger partial charge in [-0.3, -0.25) is 9.78 Å². The van der Waals surface area contributed by atoms with E-state index in [1.807, 2.05) is 0 Å². The molecule has 0 atom stereocenters. The molecule has 1 fully saturated rings. The van der Waals surface area contributed by atoms with Crippen LogP contribution >= 0.6 is 0 Å². The Kier molecular flexibility index (Phi) is 4.36. The highest BCUT2D eigenvalue weighted by molar-refractivity contribution is 7.86. The first-order valence-electron chi connectivity index (χ1n) is 6.31. The standard InChI is InChI=1S/C12H18N4O3S/c1-14(2)20(18,19)16-9-7-15(8-10-16)12(17)11-5-3-4-6-13-11/h3-6H,7-10H2,1-2H3. The van der Waals surface area contributed by atoms with Crippen molar-refractivity contribution in [1.29, 1.82) is 0 Å². The van der Waals surface area contributed by atoms with E-state index in [0.29, 0.717) is 31.9 Å². The van der Waals surface area contributed by atoms with Crippen molar-refractivity contribution < 1.29 is 13.2 Å². The Morgan fingerprint density at radius 1 is 1.20 bits per heavy atom. The van der Waals surface area contributed by atoms with Crippen LogP contribution < -0.4 is 0 Å². The topological polar surface area (TPSA) is 73.8 Å². The molecule has 2 heterocycles. The Labute approximate surface area is 119 Å². The van der Waals surface area contributed by atoms with Crippen molar-refractivity contribution in [1.82, 2.24) is 18.5 Å². The number of hydrogen-bond donors (Lipinski definition) is 0. The largest absolute Gasteiger partial charge is 0.335 e. The normalized spacial score (nSPS) is 17.4. The van der Waals surface area contributed by atoms with E-state index in [-0.39, 0.29) is 5.91 Å². The molecule has 1 saturated heterocycles. The Balaban J connectivity index is 2.00. The second-order valence-electron chi connectivity index (χ2n) is 4.70. The summed E-state index contributed by atoms with van der Waals surface area (Å²) in [6.45, 7) is 1.36. The maximum atomic E-state index is 12.2. The molecule has 0 radical (unpaired) electrons. The number of piperazine rings is 1. The van der Waals surface area contributed by atoms with Gasteiger partial charge in [-0.25, -0.2) is 0 Å². The van der Waals surface area contributed by atoms with Crippen LogP contribution in [0.2, 0.25) is 0 Å². The Bertz CT molecular complexity index is 566. The average molecular weight is 298 g/mol. The van der Waals surface area contributed by atoms with Crippen LogP contribution in [0.4, 0.5) is 0 Å². The summed E-state index contributed by atoms with van der Waals surface area (Å²) in [6, 6.07) is 5.16. The zero-order valence-corrected chi connectivity index (χ0v) is 12.4. The molecule has 0 aromatic carbocycles. The lowest BCUT2D eigenvalue weighted by Gasteiger charge is -2.34. The Morgan fingerprint density at radius 2 is 1.85 bits per heavy atom. The molecule has 0 spiro atoms.